The summed E-state index contributed by atoms with van der Waals surface area (Å²) in [7, 11) is 0. The smallest absolute Gasteiger partial charge is 0.136 e. The molecule has 1 aliphatic heterocycles. The van der Waals surface area contributed by atoms with E-state index in [0.29, 0.717) is 5.92 Å². The zero-order chi connectivity index (χ0) is 12.5. The van der Waals surface area contributed by atoms with Crippen molar-refractivity contribution in [1.29, 1.82) is 0 Å². The predicted octanol–water partition coefficient (Wildman–Crippen LogP) is 2.09. The van der Waals surface area contributed by atoms with E-state index in [1.54, 1.807) is 0 Å². The van der Waals surface area contributed by atoms with Crippen molar-refractivity contribution in [2.45, 2.75) is 57.9 Å². The van der Waals surface area contributed by atoms with Gasteiger partial charge in [0.05, 0.1) is 0 Å². The zero-order valence-electron chi connectivity index (χ0n) is 11.3. The van der Waals surface area contributed by atoms with Gasteiger partial charge in [-0.1, -0.05) is 6.92 Å². The largest absolute Gasteiger partial charge is 0.330 e. The highest BCUT2D eigenvalue weighted by molar-refractivity contribution is 5.06. The molecule has 0 saturated heterocycles. The third-order valence-corrected chi connectivity index (χ3v) is 4.78. The molecule has 1 saturated carbocycles. The van der Waals surface area contributed by atoms with Crippen LogP contribution in [0.1, 0.15) is 56.6 Å². The van der Waals surface area contributed by atoms with E-state index < -0.39 is 0 Å². The minimum atomic E-state index is 0.627. The van der Waals surface area contributed by atoms with Crippen LogP contribution in [0, 0.1) is 11.8 Å². The lowest BCUT2D eigenvalue weighted by molar-refractivity contribution is 0.313. The molecule has 0 amide bonds. The van der Waals surface area contributed by atoms with Gasteiger partial charge in [0, 0.05) is 18.9 Å². The monoisotopic (exact) mass is 248 g/mol. The van der Waals surface area contributed by atoms with Crippen LogP contribution in [0.3, 0.4) is 0 Å². The van der Waals surface area contributed by atoms with Crippen molar-refractivity contribution in [3.05, 3.63) is 11.6 Å². The Labute approximate surface area is 109 Å². The third kappa shape index (κ3) is 2.18. The summed E-state index contributed by atoms with van der Waals surface area (Å²) >= 11 is 0. The van der Waals surface area contributed by atoms with Gasteiger partial charge < -0.3 is 10.3 Å². The van der Waals surface area contributed by atoms with Crippen molar-refractivity contribution in [2.75, 3.05) is 6.54 Å². The lowest BCUT2D eigenvalue weighted by Crippen LogP contribution is -2.24. The van der Waals surface area contributed by atoms with Crippen LogP contribution in [0.15, 0.2) is 0 Å². The zero-order valence-corrected chi connectivity index (χ0v) is 11.3. The summed E-state index contributed by atoms with van der Waals surface area (Å²) < 4.78 is 2.40. The maximum absolute atomic E-state index is 5.76. The summed E-state index contributed by atoms with van der Waals surface area (Å²) in [6.45, 7) is 4.28. The van der Waals surface area contributed by atoms with Crippen molar-refractivity contribution < 1.29 is 0 Å². The van der Waals surface area contributed by atoms with E-state index in [-0.39, 0.29) is 0 Å². The summed E-state index contributed by atoms with van der Waals surface area (Å²) in [4.78, 5) is 0. The van der Waals surface area contributed by atoms with Crippen LogP contribution in [-0.4, -0.2) is 21.3 Å². The number of rotatable bonds is 2. The summed E-state index contributed by atoms with van der Waals surface area (Å²) in [5.41, 5.74) is 5.76. The fourth-order valence-electron chi connectivity index (χ4n) is 3.47. The number of nitrogens with zero attached hydrogens (tertiary/aromatic N) is 3. The van der Waals surface area contributed by atoms with E-state index in [0.717, 1.165) is 31.3 Å². The molecule has 4 nitrogen and oxygen atoms in total. The normalized spacial score (nSPS) is 32.2. The summed E-state index contributed by atoms with van der Waals surface area (Å²) in [6, 6.07) is 0. The number of aromatic nitrogens is 3. The van der Waals surface area contributed by atoms with Crippen LogP contribution in [0.2, 0.25) is 0 Å². The SMILES string of the molecule is CC1CCn2c(nnc2C2CCC(CN)CC2)C1. The van der Waals surface area contributed by atoms with Gasteiger partial charge in [-0.15, -0.1) is 10.2 Å². The molecule has 2 N–H and O–H groups in total. The molecule has 0 spiro atoms. The molecule has 1 aliphatic carbocycles. The van der Waals surface area contributed by atoms with Gasteiger partial charge in [-0.25, -0.2) is 0 Å². The maximum atomic E-state index is 5.76. The topological polar surface area (TPSA) is 56.7 Å². The van der Waals surface area contributed by atoms with Crippen LogP contribution in [0.4, 0.5) is 0 Å². The van der Waals surface area contributed by atoms with Gasteiger partial charge in [0.2, 0.25) is 0 Å². The van der Waals surface area contributed by atoms with Crippen molar-refractivity contribution in [3.8, 4) is 0 Å². The van der Waals surface area contributed by atoms with Crippen molar-refractivity contribution in [2.24, 2.45) is 17.6 Å². The molecule has 0 bridgehead atoms. The molecule has 2 aliphatic rings. The standard InChI is InChI=1S/C14H24N4/c1-10-6-7-18-13(8-10)16-17-14(18)12-4-2-11(9-15)3-5-12/h10-12H,2-9,15H2,1H3. The van der Waals surface area contributed by atoms with Gasteiger partial charge in [-0.05, 0) is 50.5 Å². The van der Waals surface area contributed by atoms with Crippen molar-refractivity contribution >= 4 is 0 Å². The quantitative estimate of drug-likeness (QED) is 0.872. The summed E-state index contributed by atoms with van der Waals surface area (Å²) in [5.74, 6) is 4.60. The van der Waals surface area contributed by atoms with E-state index in [2.05, 4.69) is 21.7 Å². The Morgan fingerprint density at radius 2 is 1.94 bits per heavy atom. The molecule has 0 radical (unpaired) electrons. The molecule has 100 valence electrons. The van der Waals surface area contributed by atoms with E-state index in [9.17, 15) is 0 Å². The van der Waals surface area contributed by atoms with Crippen LogP contribution in [0.5, 0.6) is 0 Å². The van der Waals surface area contributed by atoms with Crippen LogP contribution < -0.4 is 5.73 Å². The molecule has 1 atom stereocenters. The fraction of sp³-hybridized carbons (Fsp3) is 0.857. The number of nitrogens with two attached hydrogens (primary N) is 1. The maximum Gasteiger partial charge on any atom is 0.136 e. The minimum absolute atomic E-state index is 0.627. The summed E-state index contributed by atoms with van der Waals surface area (Å²) in [5, 5.41) is 8.90. The molecule has 0 aromatic carbocycles. The molecule has 1 aromatic rings. The molecular formula is C14H24N4. The highest BCUT2D eigenvalue weighted by atomic mass is 15.3. The lowest BCUT2D eigenvalue weighted by Gasteiger charge is -2.28. The Hall–Kier alpha value is -0.900. The van der Waals surface area contributed by atoms with Crippen molar-refractivity contribution in [1.82, 2.24) is 14.8 Å². The molecule has 1 fully saturated rings. The number of fused-ring (bicyclic) bond motifs is 1. The van der Waals surface area contributed by atoms with E-state index >= 15 is 0 Å². The third-order valence-electron chi connectivity index (χ3n) is 4.78. The highest BCUT2D eigenvalue weighted by Crippen LogP contribution is 2.35. The molecular weight excluding hydrogens is 224 g/mol. The Balaban J connectivity index is 1.74. The van der Waals surface area contributed by atoms with Gasteiger partial charge in [0.15, 0.2) is 0 Å². The Bertz CT molecular complexity index is 404. The Morgan fingerprint density at radius 1 is 1.17 bits per heavy atom. The van der Waals surface area contributed by atoms with Crippen molar-refractivity contribution in [3.63, 3.8) is 0 Å². The molecule has 18 heavy (non-hydrogen) atoms. The van der Waals surface area contributed by atoms with E-state index in [1.807, 2.05) is 0 Å². The van der Waals surface area contributed by atoms with Crippen LogP contribution >= 0.6 is 0 Å². The second-order valence-electron chi connectivity index (χ2n) is 6.18. The highest BCUT2D eigenvalue weighted by Gasteiger charge is 2.28. The molecule has 3 rings (SSSR count). The first kappa shape index (κ1) is 12.2. The Kier molecular flexibility index (Phi) is 3.37. The van der Waals surface area contributed by atoms with Gasteiger partial charge in [-0.3, -0.25) is 0 Å². The van der Waals surface area contributed by atoms with E-state index in [1.165, 1.54) is 43.8 Å². The van der Waals surface area contributed by atoms with Gasteiger partial charge in [0.1, 0.15) is 11.6 Å². The van der Waals surface area contributed by atoms with Gasteiger partial charge in [0.25, 0.3) is 0 Å². The second-order valence-corrected chi connectivity index (χ2v) is 6.18. The second kappa shape index (κ2) is 5.00. The molecule has 2 heterocycles. The molecule has 4 heteroatoms. The first-order valence-electron chi connectivity index (χ1n) is 7.40. The predicted molar refractivity (Wildman–Crippen MR) is 71.3 cm³/mol. The molecule has 1 unspecified atom stereocenters. The van der Waals surface area contributed by atoms with Gasteiger partial charge >= 0.3 is 0 Å². The number of hydrogen-bond acceptors (Lipinski definition) is 3. The lowest BCUT2D eigenvalue weighted by atomic mass is 9.81. The first-order chi connectivity index (χ1) is 8.78. The average Bonchev–Trinajstić information content (AvgIpc) is 2.81. The van der Waals surface area contributed by atoms with E-state index in [4.69, 9.17) is 5.73 Å². The molecule has 1 aromatic heterocycles. The fourth-order valence-corrected chi connectivity index (χ4v) is 3.47. The van der Waals surface area contributed by atoms with Crippen LogP contribution in [0.25, 0.3) is 0 Å². The first-order valence-corrected chi connectivity index (χ1v) is 7.40. The Morgan fingerprint density at radius 3 is 2.67 bits per heavy atom. The van der Waals surface area contributed by atoms with Gasteiger partial charge in [-0.2, -0.15) is 0 Å². The summed E-state index contributed by atoms with van der Waals surface area (Å²) in [6.07, 6.45) is 7.39. The minimum Gasteiger partial charge on any atom is -0.330 e. The average molecular weight is 248 g/mol. The number of hydrogen-bond donors (Lipinski definition) is 1. The van der Waals surface area contributed by atoms with Crippen LogP contribution in [-0.2, 0) is 13.0 Å².